The first-order chi connectivity index (χ1) is 30.9. The number of hydrogen-bond donors (Lipinski definition) is 1. The smallest absolute Gasteiger partial charge is 0 e. The van der Waals surface area contributed by atoms with Crippen molar-refractivity contribution in [3.8, 4) is 45.1 Å². The number of aromatic hydroxyl groups is 1. The van der Waals surface area contributed by atoms with E-state index in [0.717, 1.165) is 72.5 Å². The first-order valence-corrected chi connectivity index (χ1v) is 28.2. The largest absolute Gasteiger partial charge is 0 e. The summed E-state index contributed by atoms with van der Waals surface area (Å²) in [6.45, 7) is 24.6. The molecule has 9 rings (SSSR count). The van der Waals surface area contributed by atoms with Crippen molar-refractivity contribution in [2.45, 2.75) is 92.4 Å². The van der Waals surface area contributed by atoms with E-state index in [9.17, 15) is 5.11 Å². The molecule has 0 atom stereocenters. The summed E-state index contributed by atoms with van der Waals surface area (Å²) in [5.41, 5.74) is 16.6. The van der Waals surface area contributed by atoms with E-state index in [1.54, 1.807) is 0 Å². The molecule has 8 aromatic rings. The van der Waals surface area contributed by atoms with Gasteiger partial charge in [-0.05, 0) is 0 Å². The van der Waals surface area contributed by atoms with E-state index in [2.05, 4.69) is 230 Å². The Hall–Kier alpha value is -5.21. The molecule has 0 spiro atoms. The molecule has 4 nitrogen and oxygen atoms in total. The van der Waals surface area contributed by atoms with Gasteiger partial charge in [0.2, 0.25) is 0 Å². The molecule has 0 amide bonds. The Morgan fingerprint density at radius 2 is 1.20 bits per heavy atom. The van der Waals surface area contributed by atoms with Crippen LogP contribution in [0.2, 0.25) is 0 Å². The molecule has 0 saturated carbocycles. The number of benzene rings is 6. The molecule has 0 unspecified atom stereocenters. The third-order valence-corrected chi connectivity index (χ3v) is 22.6. The number of aryl methyl sites for hydroxylation is 2. The molecule has 6 heteroatoms. The molecule has 66 heavy (non-hydrogen) atoms. The number of allylic oxidation sites excluding steroid dienone is 2. The number of pyridine rings is 1. The predicted octanol–water partition coefficient (Wildman–Crippen LogP) is 14.4. The zero-order chi connectivity index (χ0) is 46.0. The van der Waals surface area contributed by atoms with Gasteiger partial charge in [-0.1, -0.05) is 0 Å². The van der Waals surface area contributed by atoms with E-state index in [4.69, 9.17) is 9.97 Å². The fraction of sp³-hybridized carbons (Fsp3) is 0.233. The number of hydrogen-bond acceptors (Lipinski definition) is 3. The van der Waals surface area contributed by atoms with Crippen molar-refractivity contribution in [2.75, 3.05) is 0 Å². The number of aromatic nitrogens is 3. The molecule has 0 bridgehead atoms. The van der Waals surface area contributed by atoms with Crippen LogP contribution in [-0.2, 0) is 37.3 Å². The van der Waals surface area contributed by atoms with E-state index in [1.165, 1.54) is 23.2 Å². The minimum atomic E-state index is -3.02. The van der Waals surface area contributed by atoms with Crippen molar-refractivity contribution >= 4 is 44.9 Å². The van der Waals surface area contributed by atoms with Gasteiger partial charge >= 0.3 is 397 Å². The molecule has 0 aliphatic carbocycles. The first kappa shape index (κ1) is 47.3. The van der Waals surface area contributed by atoms with Crippen molar-refractivity contribution in [1.29, 1.82) is 0 Å². The maximum atomic E-state index is 12.6. The summed E-state index contributed by atoms with van der Waals surface area (Å²) in [7, 11) is 0. The number of phenols is 1. The van der Waals surface area contributed by atoms with Gasteiger partial charge in [0.25, 0.3) is 0 Å². The van der Waals surface area contributed by atoms with Crippen LogP contribution in [0, 0.1) is 19.9 Å². The molecule has 1 aliphatic heterocycles. The van der Waals surface area contributed by atoms with Gasteiger partial charge in [0.1, 0.15) is 0 Å². The van der Waals surface area contributed by atoms with Crippen LogP contribution >= 0.6 is 0 Å². The second kappa shape index (κ2) is 18.1. The van der Waals surface area contributed by atoms with Crippen molar-refractivity contribution < 1.29 is 26.2 Å². The number of fused-ring (bicyclic) bond motifs is 1. The number of nitrogens with zero attached hydrogens (tertiary/aromatic N) is 3. The number of rotatable bonds is 7. The van der Waals surface area contributed by atoms with Gasteiger partial charge in [-0.2, -0.15) is 0 Å². The van der Waals surface area contributed by atoms with E-state index < -0.39 is 21.8 Å². The molecular weight excluding hydrogens is 1180 g/mol. The van der Waals surface area contributed by atoms with Crippen LogP contribution in [0.4, 0.5) is 0 Å². The van der Waals surface area contributed by atoms with Gasteiger partial charge in [0.15, 0.2) is 0 Å². The van der Waals surface area contributed by atoms with Crippen LogP contribution in [0.5, 0.6) is 5.75 Å². The van der Waals surface area contributed by atoms with Crippen LogP contribution in [0.1, 0.15) is 101 Å². The molecule has 1 aliphatic rings. The van der Waals surface area contributed by atoms with Crippen molar-refractivity contribution in [3.05, 3.63) is 195 Å². The summed E-state index contributed by atoms with van der Waals surface area (Å²) in [6, 6.07) is 50.1. The molecule has 0 saturated heterocycles. The van der Waals surface area contributed by atoms with Crippen molar-refractivity contribution in [2.24, 2.45) is 0 Å². The van der Waals surface area contributed by atoms with Gasteiger partial charge in [0, 0.05) is 21.1 Å². The summed E-state index contributed by atoms with van der Waals surface area (Å²) >= 11 is -3.02. The van der Waals surface area contributed by atoms with Crippen LogP contribution in [0.15, 0.2) is 150 Å². The minimum Gasteiger partial charge on any atom is 0 e. The maximum absolute atomic E-state index is 12.6. The van der Waals surface area contributed by atoms with Crippen molar-refractivity contribution in [1.82, 2.24) is 14.5 Å². The predicted molar refractivity (Wildman–Crippen MR) is 275 cm³/mol. The molecule has 0 fully saturated rings. The Morgan fingerprint density at radius 3 is 1.83 bits per heavy atom. The Bertz CT molecular complexity index is 3160. The summed E-state index contributed by atoms with van der Waals surface area (Å²) in [6.07, 6.45) is 5.97. The maximum Gasteiger partial charge on any atom is 0 e. The Morgan fingerprint density at radius 1 is 0.576 bits per heavy atom. The molecular formula is C60H59BiN3OPt-. The van der Waals surface area contributed by atoms with E-state index >= 15 is 0 Å². The van der Waals surface area contributed by atoms with Crippen LogP contribution in [0.25, 0.3) is 59.2 Å². The Labute approximate surface area is 414 Å². The van der Waals surface area contributed by atoms with E-state index in [1.807, 2.05) is 6.20 Å². The van der Waals surface area contributed by atoms with Gasteiger partial charge in [-0.25, -0.2) is 0 Å². The summed E-state index contributed by atoms with van der Waals surface area (Å²) in [5.74, 6) is 0.979. The molecule has 6 aromatic carbocycles. The van der Waals surface area contributed by atoms with Crippen LogP contribution in [-0.4, -0.2) is 41.4 Å². The molecule has 0 radical (unpaired) electrons. The molecule has 2 aromatic heterocycles. The standard InChI is InChI=1S/C52H50N3O.C8H9.Bi.Pt/c1-34(44-30-38(28-29-53-44)35-18-13-11-14-19-35)24-25-37-22-17-23-46-47(37)54-49(42-32-40(51(5,6)7)33-43(48(42)56)52(8,9)10)55(46)45-27-26-39(50(2,3)4)31-41(45)36-20-15-12-16-21-36;1-7-4-3-5-8(2)6-7;;/h1,11-23,26-33,56H,2-10H3;3-5H,1-2H3;;/q-1;;;. The van der Waals surface area contributed by atoms with E-state index in [-0.39, 0.29) is 43.1 Å². The monoisotopic (exact) mass is 1240 g/mol. The fourth-order valence-electron chi connectivity index (χ4n) is 9.06. The van der Waals surface area contributed by atoms with E-state index in [0.29, 0.717) is 5.82 Å². The zero-order valence-corrected chi connectivity index (χ0v) is 45.7. The van der Waals surface area contributed by atoms with Crippen LogP contribution < -0.4 is 3.27 Å². The quantitative estimate of drug-likeness (QED) is 0.128. The number of phenolic OH excluding ortho intramolecular Hbond substituents is 1. The number of para-hydroxylation sites is 1. The Balaban J connectivity index is 0.00000592. The summed E-state index contributed by atoms with van der Waals surface area (Å²) in [5, 5.41) is 12.6. The van der Waals surface area contributed by atoms with Crippen molar-refractivity contribution in [3.63, 3.8) is 0 Å². The molecule has 336 valence electrons. The summed E-state index contributed by atoms with van der Waals surface area (Å²) < 4.78 is 7.57. The topological polar surface area (TPSA) is 50.9 Å². The van der Waals surface area contributed by atoms with Gasteiger partial charge in [-0.3, -0.25) is 0 Å². The minimum absolute atomic E-state index is 0. The van der Waals surface area contributed by atoms with Crippen LogP contribution in [0.3, 0.4) is 0 Å². The average molecular weight is 1240 g/mol. The normalized spacial score (nSPS) is 13.4. The first-order valence-electron chi connectivity index (χ1n) is 22.7. The molecule has 1 N–H and O–H groups in total. The van der Waals surface area contributed by atoms with Gasteiger partial charge in [-0.15, -0.1) is 0 Å². The third kappa shape index (κ3) is 8.99. The summed E-state index contributed by atoms with van der Waals surface area (Å²) in [4.78, 5) is 10.8. The zero-order valence-electron chi connectivity index (χ0n) is 40.0. The SMILES string of the molecule is Cc1cccc(C)[c]1[Bi]1[CH]=C(c2cc(-c3ccccc3)ccn2)[C-]=[C]1c1cccc2c1nc(-c1cc(C(C)(C)C)cc(C(C)(C)C)c1O)n2-c1ccc(C(C)(C)C)cc1-c1ccccc1.[Pt]. The van der Waals surface area contributed by atoms with Gasteiger partial charge in [0.05, 0.1) is 0 Å². The fourth-order valence-corrected chi connectivity index (χ4v) is 18.9. The molecule has 3 heterocycles. The third-order valence-electron chi connectivity index (χ3n) is 12.7. The van der Waals surface area contributed by atoms with Gasteiger partial charge < -0.3 is 0 Å². The second-order valence-electron chi connectivity index (χ2n) is 20.6. The Kier molecular flexibility index (Phi) is 13.0. The average Bonchev–Trinajstić information content (AvgIpc) is 3.88. The number of imidazole rings is 1. The second-order valence-corrected chi connectivity index (χ2v) is 28.0.